The maximum Gasteiger partial charge on any atom is 0.254 e. The Morgan fingerprint density at radius 3 is 2.40 bits per heavy atom. The van der Waals surface area contributed by atoms with E-state index >= 15 is 0 Å². The van der Waals surface area contributed by atoms with Gasteiger partial charge in [0.15, 0.2) is 0 Å². The molecule has 0 N–H and O–H groups in total. The Hall–Kier alpha value is -2.76. The fraction of sp³-hybridized carbons (Fsp3) is 0.357. The number of benzene rings is 2. The van der Waals surface area contributed by atoms with Crippen molar-refractivity contribution in [1.29, 1.82) is 0 Å². The fourth-order valence-corrected chi connectivity index (χ4v) is 4.53. The molecule has 184 valence electrons. The van der Waals surface area contributed by atoms with Gasteiger partial charge in [-0.2, -0.15) is 0 Å². The van der Waals surface area contributed by atoms with E-state index in [2.05, 4.69) is 29.0 Å². The van der Waals surface area contributed by atoms with Crippen molar-refractivity contribution in [3.05, 3.63) is 93.7 Å². The quantitative estimate of drug-likeness (QED) is 0.328. The molecule has 3 aromatic rings. The number of carbonyl (C=O) groups is 2. The van der Waals surface area contributed by atoms with Gasteiger partial charge in [0.25, 0.3) is 5.91 Å². The Kier molecular flexibility index (Phi) is 8.19. The maximum absolute atomic E-state index is 13.5. The van der Waals surface area contributed by atoms with Gasteiger partial charge in [0, 0.05) is 36.6 Å². The predicted molar refractivity (Wildman–Crippen MR) is 141 cm³/mol. The monoisotopic (exact) mass is 511 g/mol. The van der Waals surface area contributed by atoms with Crippen molar-refractivity contribution >= 4 is 35.0 Å². The topological polar surface area (TPSA) is 45.6 Å². The number of amides is 2. The second-order valence-corrected chi connectivity index (χ2v) is 10.4. The predicted octanol–water partition coefficient (Wildman–Crippen LogP) is 6.13. The normalized spacial score (nSPS) is 13.2. The van der Waals surface area contributed by atoms with E-state index in [0.717, 1.165) is 25.1 Å². The number of carbonyl (C=O) groups excluding carboxylic acids is 2. The molecule has 2 aromatic carbocycles. The van der Waals surface area contributed by atoms with E-state index in [9.17, 15) is 9.59 Å². The first-order valence-electron chi connectivity index (χ1n) is 12.0. The summed E-state index contributed by atoms with van der Waals surface area (Å²) in [5, 5.41) is 0.722. The van der Waals surface area contributed by atoms with Gasteiger partial charge in [-0.25, -0.2) is 0 Å². The zero-order valence-electron chi connectivity index (χ0n) is 20.2. The lowest BCUT2D eigenvalue weighted by atomic mass is 10.1. The summed E-state index contributed by atoms with van der Waals surface area (Å²) in [7, 11) is 0. The van der Waals surface area contributed by atoms with Crippen molar-refractivity contribution < 1.29 is 9.59 Å². The first kappa shape index (κ1) is 25.3. The standard InChI is InChI=1S/C28H31Cl2N3O2/c1-20(2)16-32(28(35)22-10-13-25(29)26(30)15-22)19-27(34)33(23-11-12-23)18-24-9-6-14-31(24)17-21-7-4-3-5-8-21/h3-10,13-15,20,23H,11-12,16-19H2,1-2H3. The van der Waals surface area contributed by atoms with Crippen molar-refractivity contribution in [3.63, 3.8) is 0 Å². The molecule has 0 spiro atoms. The van der Waals surface area contributed by atoms with Crippen molar-refractivity contribution in [2.75, 3.05) is 13.1 Å². The minimum atomic E-state index is -0.214. The second-order valence-electron chi connectivity index (χ2n) is 9.57. The smallest absolute Gasteiger partial charge is 0.254 e. The second kappa shape index (κ2) is 11.3. The van der Waals surface area contributed by atoms with Gasteiger partial charge in [-0.05, 0) is 54.7 Å². The first-order chi connectivity index (χ1) is 16.8. The molecule has 1 aliphatic carbocycles. The highest BCUT2D eigenvalue weighted by molar-refractivity contribution is 6.42. The molecule has 2 amide bonds. The van der Waals surface area contributed by atoms with Crippen LogP contribution in [-0.4, -0.2) is 45.3 Å². The summed E-state index contributed by atoms with van der Waals surface area (Å²) >= 11 is 12.2. The molecule has 0 radical (unpaired) electrons. The van der Waals surface area contributed by atoms with E-state index in [4.69, 9.17) is 23.2 Å². The highest BCUT2D eigenvalue weighted by Crippen LogP contribution is 2.29. The number of rotatable bonds is 10. The minimum absolute atomic E-state index is 0.0333. The lowest BCUT2D eigenvalue weighted by Crippen LogP contribution is -2.45. The summed E-state index contributed by atoms with van der Waals surface area (Å²) in [5.41, 5.74) is 2.73. The molecule has 0 saturated heterocycles. The molecule has 1 saturated carbocycles. The van der Waals surface area contributed by atoms with Crippen molar-refractivity contribution in [3.8, 4) is 0 Å². The van der Waals surface area contributed by atoms with Gasteiger partial charge >= 0.3 is 0 Å². The third-order valence-corrected chi connectivity index (χ3v) is 6.86. The zero-order chi connectivity index (χ0) is 24.9. The van der Waals surface area contributed by atoms with E-state index in [-0.39, 0.29) is 30.3 Å². The van der Waals surface area contributed by atoms with Crippen molar-refractivity contribution in [2.24, 2.45) is 5.92 Å². The Labute approximate surface area is 217 Å². The van der Waals surface area contributed by atoms with E-state index in [0.29, 0.717) is 28.7 Å². The molecule has 1 aliphatic rings. The summed E-state index contributed by atoms with van der Waals surface area (Å²) in [6.45, 7) is 5.87. The Morgan fingerprint density at radius 2 is 1.74 bits per heavy atom. The lowest BCUT2D eigenvalue weighted by Gasteiger charge is -2.29. The van der Waals surface area contributed by atoms with Crippen LogP contribution in [0.25, 0.3) is 0 Å². The summed E-state index contributed by atoms with van der Waals surface area (Å²) in [4.78, 5) is 30.4. The molecule has 1 heterocycles. The number of aromatic nitrogens is 1. The summed E-state index contributed by atoms with van der Waals surface area (Å²) < 4.78 is 2.19. The third kappa shape index (κ3) is 6.68. The van der Waals surface area contributed by atoms with Gasteiger partial charge < -0.3 is 14.4 Å². The molecule has 35 heavy (non-hydrogen) atoms. The number of hydrogen-bond donors (Lipinski definition) is 0. The average Bonchev–Trinajstić information content (AvgIpc) is 3.58. The van der Waals surface area contributed by atoms with Crippen LogP contribution in [0.15, 0.2) is 66.9 Å². The van der Waals surface area contributed by atoms with Gasteiger partial charge in [0.1, 0.15) is 6.54 Å². The van der Waals surface area contributed by atoms with Gasteiger partial charge in [-0.3, -0.25) is 9.59 Å². The molecule has 5 nitrogen and oxygen atoms in total. The van der Waals surface area contributed by atoms with Crippen LogP contribution in [0.4, 0.5) is 0 Å². The highest BCUT2D eigenvalue weighted by atomic mass is 35.5. The minimum Gasteiger partial charge on any atom is -0.345 e. The van der Waals surface area contributed by atoms with Gasteiger partial charge in [0.05, 0.1) is 16.6 Å². The van der Waals surface area contributed by atoms with Crippen LogP contribution in [0.3, 0.4) is 0 Å². The van der Waals surface area contributed by atoms with E-state index in [1.807, 2.05) is 43.0 Å². The SMILES string of the molecule is CC(C)CN(CC(=O)N(Cc1cccn1Cc1ccccc1)C1CC1)C(=O)c1ccc(Cl)c(Cl)c1. The molecule has 1 fully saturated rings. The third-order valence-electron chi connectivity index (χ3n) is 6.13. The molecular formula is C28H31Cl2N3O2. The van der Waals surface area contributed by atoms with Crippen LogP contribution in [-0.2, 0) is 17.9 Å². The summed E-state index contributed by atoms with van der Waals surface area (Å²) in [6, 6.07) is 19.4. The highest BCUT2D eigenvalue weighted by Gasteiger charge is 2.34. The Balaban J connectivity index is 1.50. The van der Waals surface area contributed by atoms with Crippen LogP contribution < -0.4 is 0 Å². The average molecular weight is 512 g/mol. The van der Waals surface area contributed by atoms with Gasteiger partial charge in [-0.15, -0.1) is 0 Å². The Bertz CT molecular complexity index is 1170. The van der Waals surface area contributed by atoms with Crippen molar-refractivity contribution in [2.45, 2.75) is 45.8 Å². The van der Waals surface area contributed by atoms with Gasteiger partial charge in [-0.1, -0.05) is 67.4 Å². The van der Waals surface area contributed by atoms with E-state index < -0.39 is 0 Å². The number of nitrogens with zero attached hydrogens (tertiary/aromatic N) is 3. The molecule has 4 rings (SSSR count). The number of halogens is 2. The van der Waals surface area contributed by atoms with Crippen molar-refractivity contribution in [1.82, 2.24) is 14.4 Å². The van der Waals surface area contributed by atoms with Crippen LogP contribution >= 0.6 is 23.2 Å². The van der Waals surface area contributed by atoms with Crippen LogP contribution in [0.5, 0.6) is 0 Å². The van der Waals surface area contributed by atoms with Crippen LogP contribution in [0.2, 0.25) is 10.0 Å². The largest absolute Gasteiger partial charge is 0.345 e. The Morgan fingerprint density at radius 1 is 1.00 bits per heavy atom. The molecule has 0 aliphatic heterocycles. The summed E-state index contributed by atoms with van der Waals surface area (Å²) in [5.74, 6) is -0.0326. The van der Waals surface area contributed by atoms with E-state index in [1.54, 1.807) is 23.1 Å². The molecule has 0 unspecified atom stereocenters. The van der Waals surface area contributed by atoms with Crippen LogP contribution in [0, 0.1) is 5.92 Å². The van der Waals surface area contributed by atoms with Crippen LogP contribution in [0.1, 0.15) is 48.3 Å². The molecule has 1 aromatic heterocycles. The van der Waals surface area contributed by atoms with E-state index in [1.165, 1.54) is 5.56 Å². The number of hydrogen-bond acceptors (Lipinski definition) is 2. The molecule has 0 bridgehead atoms. The summed E-state index contributed by atoms with van der Waals surface area (Å²) in [6.07, 6.45) is 4.04. The molecular weight excluding hydrogens is 481 g/mol. The first-order valence-corrected chi connectivity index (χ1v) is 12.8. The van der Waals surface area contributed by atoms with Gasteiger partial charge in [0.2, 0.25) is 5.91 Å². The molecule has 0 atom stereocenters. The maximum atomic E-state index is 13.5. The molecule has 7 heteroatoms. The fourth-order valence-electron chi connectivity index (χ4n) is 4.23. The lowest BCUT2D eigenvalue weighted by molar-refractivity contribution is -0.133. The zero-order valence-corrected chi connectivity index (χ0v) is 21.7.